The fourth-order valence-electron chi connectivity index (χ4n) is 7.02. The van der Waals surface area contributed by atoms with Gasteiger partial charge in [0.15, 0.2) is 5.13 Å². The van der Waals surface area contributed by atoms with Crippen molar-refractivity contribution in [2.24, 2.45) is 23.2 Å². The normalized spacial score (nSPS) is 28.6. The van der Waals surface area contributed by atoms with Crippen LogP contribution >= 0.6 is 11.3 Å². The molecule has 4 saturated carbocycles. The van der Waals surface area contributed by atoms with Crippen LogP contribution in [0.2, 0.25) is 0 Å². The number of likely N-dealkylation sites (N-methyl/N-ethyl adjacent to an activating group) is 1. The van der Waals surface area contributed by atoms with E-state index in [-0.39, 0.29) is 5.41 Å². The van der Waals surface area contributed by atoms with E-state index in [4.69, 9.17) is 9.72 Å². The smallest absolute Gasteiger partial charge is 0.235 e. The molecule has 1 heterocycles. The lowest BCUT2D eigenvalue weighted by atomic mass is 9.49. The van der Waals surface area contributed by atoms with Crippen LogP contribution in [0, 0.1) is 23.2 Å². The molecule has 6 heteroatoms. The van der Waals surface area contributed by atoms with Crippen molar-refractivity contribution < 1.29 is 9.53 Å². The highest BCUT2D eigenvalue weighted by molar-refractivity contribution is 7.22. The summed E-state index contributed by atoms with van der Waals surface area (Å²) in [7, 11) is 0. The monoisotopic (exact) mass is 455 g/mol. The highest BCUT2D eigenvalue weighted by Gasteiger charge is 2.56. The van der Waals surface area contributed by atoms with Gasteiger partial charge in [0.1, 0.15) is 11.3 Å². The van der Waals surface area contributed by atoms with Crippen molar-refractivity contribution in [3.05, 3.63) is 18.2 Å². The van der Waals surface area contributed by atoms with Crippen molar-refractivity contribution in [2.75, 3.05) is 37.7 Å². The average molecular weight is 456 g/mol. The van der Waals surface area contributed by atoms with Gasteiger partial charge in [-0.2, -0.15) is 0 Å². The summed E-state index contributed by atoms with van der Waals surface area (Å²) in [6.07, 6.45) is 7.33. The van der Waals surface area contributed by atoms with Gasteiger partial charge in [-0.3, -0.25) is 9.69 Å². The molecular weight excluding hydrogens is 418 g/mol. The van der Waals surface area contributed by atoms with Gasteiger partial charge in [-0.05, 0) is 88.4 Å². The number of anilines is 1. The van der Waals surface area contributed by atoms with Crippen molar-refractivity contribution in [3.8, 4) is 5.75 Å². The Hall–Kier alpha value is -1.66. The number of aromatic nitrogens is 1. The summed E-state index contributed by atoms with van der Waals surface area (Å²) in [6, 6.07) is 6.10. The number of carbonyl (C=O) groups is 1. The van der Waals surface area contributed by atoms with Crippen molar-refractivity contribution in [1.82, 2.24) is 9.88 Å². The predicted octanol–water partition coefficient (Wildman–Crippen LogP) is 5.59. The van der Waals surface area contributed by atoms with Gasteiger partial charge in [-0.25, -0.2) is 4.98 Å². The summed E-state index contributed by atoms with van der Waals surface area (Å²) >= 11 is 1.64. The van der Waals surface area contributed by atoms with Crippen molar-refractivity contribution >= 4 is 32.6 Å². The second-order valence-electron chi connectivity index (χ2n) is 10.2. The molecule has 2 aromatic rings. The standard InChI is InChI=1S/C26H37N3O2S/c1-4-28(5-2)10-11-29(25-27-23-21(31-6-3)8-7-9-22(23)32-25)24(30)26-15-18-12-19(16-26)14-20(13-18)17-26/h7-9,18-20H,4-6,10-17H2,1-3H3. The number of benzene rings is 1. The number of ether oxygens (including phenoxy) is 1. The molecule has 1 aromatic heterocycles. The van der Waals surface area contributed by atoms with Crippen LogP contribution in [0.4, 0.5) is 5.13 Å². The maximum Gasteiger partial charge on any atom is 0.235 e. The molecule has 0 saturated heterocycles. The van der Waals surface area contributed by atoms with E-state index in [9.17, 15) is 4.79 Å². The van der Waals surface area contributed by atoms with Crippen LogP contribution in [0.1, 0.15) is 59.3 Å². The summed E-state index contributed by atoms with van der Waals surface area (Å²) in [5.41, 5.74) is 0.735. The zero-order valence-corrected chi connectivity index (χ0v) is 20.6. The molecule has 4 aliphatic carbocycles. The predicted molar refractivity (Wildman–Crippen MR) is 132 cm³/mol. The molecule has 0 atom stereocenters. The number of hydrogen-bond acceptors (Lipinski definition) is 5. The minimum absolute atomic E-state index is 0.154. The van der Waals surface area contributed by atoms with E-state index >= 15 is 0 Å². The van der Waals surface area contributed by atoms with Crippen LogP contribution in [-0.2, 0) is 4.79 Å². The lowest BCUT2D eigenvalue weighted by molar-refractivity contribution is -0.143. The number of para-hydroxylation sites is 1. The van der Waals surface area contributed by atoms with E-state index in [0.29, 0.717) is 19.1 Å². The van der Waals surface area contributed by atoms with Crippen molar-refractivity contribution in [1.29, 1.82) is 0 Å². The first-order valence-electron chi connectivity index (χ1n) is 12.6. The topological polar surface area (TPSA) is 45.7 Å². The number of nitrogens with zero attached hydrogens (tertiary/aromatic N) is 3. The third-order valence-electron chi connectivity index (χ3n) is 8.17. The van der Waals surface area contributed by atoms with Crippen LogP contribution in [0.5, 0.6) is 5.75 Å². The molecule has 4 aliphatic rings. The van der Waals surface area contributed by atoms with Crippen LogP contribution in [0.25, 0.3) is 10.2 Å². The van der Waals surface area contributed by atoms with E-state index in [1.54, 1.807) is 11.3 Å². The molecule has 1 amide bonds. The van der Waals surface area contributed by atoms with Gasteiger partial charge in [0.2, 0.25) is 5.91 Å². The van der Waals surface area contributed by atoms with Gasteiger partial charge in [0.25, 0.3) is 0 Å². The number of amides is 1. The van der Waals surface area contributed by atoms with Gasteiger partial charge in [-0.1, -0.05) is 31.3 Å². The molecule has 0 spiro atoms. The van der Waals surface area contributed by atoms with Gasteiger partial charge in [0.05, 0.1) is 16.7 Å². The fourth-order valence-corrected chi connectivity index (χ4v) is 8.03. The SMILES string of the molecule is CCOc1cccc2sc(N(CCN(CC)CC)C(=O)C34CC5CC(CC(C5)C3)C4)nc12. The molecule has 1 aromatic carbocycles. The van der Waals surface area contributed by atoms with E-state index < -0.39 is 0 Å². The molecule has 0 N–H and O–H groups in total. The third kappa shape index (κ3) is 3.94. The Balaban J connectivity index is 1.49. The Morgan fingerprint density at radius 3 is 2.31 bits per heavy atom. The molecule has 4 fully saturated rings. The maximum absolute atomic E-state index is 14.3. The minimum Gasteiger partial charge on any atom is -0.492 e. The molecular formula is C26H37N3O2S. The average Bonchev–Trinajstić information content (AvgIpc) is 3.21. The lowest BCUT2D eigenvalue weighted by Crippen LogP contribution is -2.55. The Kier molecular flexibility index (Phi) is 6.19. The Labute approximate surface area is 196 Å². The zero-order valence-electron chi connectivity index (χ0n) is 19.8. The summed E-state index contributed by atoms with van der Waals surface area (Å²) < 4.78 is 6.93. The second-order valence-corrected chi connectivity index (χ2v) is 11.2. The lowest BCUT2D eigenvalue weighted by Gasteiger charge is -2.56. The van der Waals surface area contributed by atoms with Gasteiger partial charge in [-0.15, -0.1) is 0 Å². The number of thiazole rings is 1. The van der Waals surface area contributed by atoms with Crippen molar-refractivity contribution in [3.63, 3.8) is 0 Å². The quantitative estimate of drug-likeness (QED) is 0.495. The second kappa shape index (κ2) is 8.94. The largest absolute Gasteiger partial charge is 0.492 e. The maximum atomic E-state index is 14.3. The number of carbonyl (C=O) groups excluding carboxylic acids is 1. The molecule has 0 aliphatic heterocycles. The highest BCUT2D eigenvalue weighted by atomic mass is 32.1. The van der Waals surface area contributed by atoms with Crippen LogP contribution < -0.4 is 9.64 Å². The summed E-state index contributed by atoms with van der Waals surface area (Å²) in [5.74, 6) is 3.44. The molecule has 6 rings (SSSR count). The third-order valence-corrected chi connectivity index (χ3v) is 9.22. The Bertz CT molecular complexity index is 932. The van der Waals surface area contributed by atoms with Gasteiger partial charge in [0, 0.05) is 13.1 Å². The van der Waals surface area contributed by atoms with Crippen LogP contribution in [0.3, 0.4) is 0 Å². The molecule has 0 radical (unpaired) electrons. The molecule has 32 heavy (non-hydrogen) atoms. The number of hydrogen-bond donors (Lipinski definition) is 0. The summed E-state index contributed by atoms with van der Waals surface area (Å²) in [6.45, 7) is 10.6. The minimum atomic E-state index is -0.154. The van der Waals surface area contributed by atoms with E-state index in [1.807, 2.05) is 19.1 Å². The Morgan fingerprint density at radius 1 is 1.06 bits per heavy atom. The van der Waals surface area contributed by atoms with Gasteiger partial charge < -0.3 is 9.64 Å². The fraction of sp³-hybridized carbons (Fsp3) is 0.692. The molecule has 5 nitrogen and oxygen atoms in total. The zero-order chi connectivity index (χ0) is 22.3. The molecule has 0 unspecified atom stereocenters. The Morgan fingerprint density at radius 2 is 1.72 bits per heavy atom. The summed E-state index contributed by atoms with van der Waals surface area (Å²) in [4.78, 5) is 23.8. The first-order chi connectivity index (χ1) is 15.5. The van der Waals surface area contributed by atoms with Crippen LogP contribution in [0.15, 0.2) is 18.2 Å². The molecule has 174 valence electrons. The number of rotatable bonds is 9. The highest BCUT2D eigenvalue weighted by Crippen LogP contribution is 2.60. The summed E-state index contributed by atoms with van der Waals surface area (Å²) in [5, 5.41) is 0.847. The first kappa shape index (κ1) is 22.1. The van der Waals surface area contributed by atoms with E-state index in [1.165, 1.54) is 19.3 Å². The van der Waals surface area contributed by atoms with E-state index in [2.05, 4.69) is 29.7 Å². The van der Waals surface area contributed by atoms with E-state index in [0.717, 1.165) is 77.7 Å². The molecule has 4 bridgehead atoms. The number of fused-ring (bicyclic) bond motifs is 1. The first-order valence-corrected chi connectivity index (χ1v) is 13.4. The van der Waals surface area contributed by atoms with Crippen molar-refractivity contribution in [2.45, 2.75) is 59.3 Å². The van der Waals surface area contributed by atoms with Crippen LogP contribution in [-0.4, -0.2) is 48.6 Å². The van der Waals surface area contributed by atoms with Gasteiger partial charge >= 0.3 is 0 Å².